The number of hydrogen-bond acceptors (Lipinski definition) is 4. The fraction of sp³-hybridized carbons (Fsp3) is 0.158. The number of benzene rings is 2. The van der Waals surface area contributed by atoms with Gasteiger partial charge in [0.15, 0.2) is 5.76 Å². The number of aromatic nitrogens is 1. The SMILES string of the molecule is Cc1c(COC(=O)c2cccc(C(F)(F)F)c2)noc1-c1ccc(F)cc1. The first kappa shape index (κ1) is 18.6. The van der Waals surface area contributed by atoms with Crippen LogP contribution in [0.15, 0.2) is 53.1 Å². The Morgan fingerprint density at radius 3 is 2.52 bits per heavy atom. The monoisotopic (exact) mass is 379 g/mol. The first-order chi connectivity index (χ1) is 12.8. The van der Waals surface area contributed by atoms with Crippen LogP contribution in [0.2, 0.25) is 0 Å². The Bertz CT molecular complexity index is 962. The van der Waals surface area contributed by atoms with Crippen LogP contribution in [0, 0.1) is 12.7 Å². The molecule has 0 aliphatic rings. The highest BCUT2D eigenvalue weighted by Crippen LogP contribution is 2.30. The summed E-state index contributed by atoms with van der Waals surface area (Å²) in [5.74, 6) is -0.918. The van der Waals surface area contributed by atoms with E-state index in [-0.39, 0.29) is 12.2 Å². The lowest BCUT2D eigenvalue weighted by Crippen LogP contribution is -2.10. The highest BCUT2D eigenvalue weighted by molar-refractivity contribution is 5.89. The van der Waals surface area contributed by atoms with Gasteiger partial charge in [0.2, 0.25) is 0 Å². The largest absolute Gasteiger partial charge is 0.455 e. The molecule has 140 valence electrons. The average Bonchev–Trinajstić information content (AvgIpc) is 3.00. The lowest BCUT2D eigenvalue weighted by Gasteiger charge is -2.08. The van der Waals surface area contributed by atoms with Crippen LogP contribution < -0.4 is 0 Å². The van der Waals surface area contributed by atoms with Gasteiger partial charge in [-0.15, -0.1) is 0 Å². The maximum atomic E-state index is 13.0. The second-order valence-electron chi connectivity index (χ2n) is 5.74. The first-order valence-electron chi connectivity index (χ1n) is 7.81. The third-order valence-electron chi connectivity index (χ3n) is 3.89. The number of alkyl halides is 3. The Morgan fingerprint density at radius 1 is 1.15 bits per heavy atom. The van der Waals surface area contributed by atoms with E-state index in [1.54, 1.807) is 6.92 Å². The third kappa shape index (κ3) is 4.16. The van der Waals surface area contributed by atoms with E-state index in [2.05, 4.69) is 5.16 Å². The minimum Gasteiger partial charge on any atom is -0.455 e. The van der Waals surface area contributed by atoms with E-state index >= 15 is 0 Å². The molecule has 3 aromatic rings. The van der Waals surface area contributed by atoms with Crippen molar-refractivity contribution in [1.82, 2.24) is 5.16 Å². The Balaban J connectivity index is 1.72. The molecule has 0 saturated carbocycles. The van der Waals surface area contributed by atoms with Crippen molar-refractivity contribution >= 4 is 5.97 Å². The van der Waals surface area contributed by atoms with E-state index in [4.69, 9.17) is 9.26 Å². The van der Waals surface area contributed by atoms with Gasteiger partial charge in [-0.1, -0.05) is 11.2 Å². The molecule has 0 saturated heterocycles. The van der Waals surface area contributed by atoms with E-state index in [0.29, 0.717) is 22.6 Å². The van der Waals surface area contributed by atoms with Gasteiger partial charge < -0.3 is 9.26 Å². The van der Waals surface area contributed by atoms with Crippen LogP contribution in [0.5, 0.6) is 0 Å². The molecule has 3 rings (SSSR count). The van der Waals surface area contributed by atoms with E-state index in [1.165, 1.54) is 30.3 Å². The van der Waals surface area contributed by atoms with Gasteiger partial charge in [-0.25, -0.2) is 9.18 Å². The van der Waals surface area contributed by atoms with Gasteiger partial charge in [0.05, 0.1) is 11.1 Å². The maximum absolute atomic E-state index is 13.0. The molecular weight excluding hydrogens is 366 g/mol. The van der Waals surface area contributed by atoms with Crippen molar-refractivity contribution in [1.29, 1.82) is 0 Å². The topological polar surface area (TPSA) is 52.3 Å². The van der Waals surface area contributed by atoms with Crippen molar-refractivity contribution in [3.63, 3.8) is 0 Å². The molecule has 0 spiro atoms. The van der Waals surface area contributed by atoms with Gasteiger partial charge in [0.1, 0.15) is 18.1 Å². The Morgan fingerprint density at radius 2 is 1.85 bits per heavy atom. The molecule has 0 aliphatic carbocycles. The standard InChI is InChI=1S/C19H13F4NO3/c1-11-16(24-27-17(11)12-5-7-15(20)8-6-12)10-26-18(25)13-3-2-4-14(9-13)19(21,22)23/h2-9H,10H2,1H3. The molecule has 2 aromatic carbocycles. The summed E-state index contributed by atoms with van der Waals surface area (Å²) in [6.45, 7) is 1.41. The number of ether oxygens (including phenoxy) is 1. The maximum Gasteiger partial charge on any atom is 0.416 e. The molecule has 0 aliphatic heterocycles. The van der Waals surface area contributed by atoms with Crippen LogP contribution in [0.1, 0.15) is 27.2 Å². The van der Waals surface area contributed by atoms with E-state index in [9.17, 15) is 22.4 Å². The summed E-state index contributed by atoms with van der Waals surface area (Å²) in [5, 5.41) is 3.81. The zero-order chi connectivity index (χ0) is 19.6. The fourth-order valence-electron chi connectivity index (χ4n) is 2.41. The van der Waals surface area contributed by atoms with Crippen molar-refractivity contribution in [2.75, 3.05) is 0 Å². The van der Waals surface area contributed by atoms with Crippen molar-refractivity contribution in [3.05, 3.63) is 76.7 Å². The molecular formula is C19H13F4NO3. The third-order valence-corrected chi connectivity index (χ3v) is 3.89. The van der Waals surface area contributed by atoms with E-state index < -0.39 is 23.5 Å². The predicted octanol–water partition coefficient (Wildman–Crippen LogP) is 5.16. The molecule has 4 nitrogen and oxygen atoms in total. The summed E-state index contributed by atoms with van der Waals surface area (Å²) in [7, 11) is 0. The predicted molar refractivity (Wildman–Crippen MR) is 87.2 cm³/mol. The van der Waals surface area contributed by atoms with Crippen LogP contribution in [-0.2, 0) is 17.5 Å². The minimum absolute atomic E-state index is 0.218. The molecule has 0 bridgehead atoms. The Labute approximate surface area is 151 Å². The summed E-state index contributed by atoms with van der Waals surface area (Å²) >= 11 is 0. The van der Waals surface area contributed by atoms with Crippen LogP contribution in [-0.4, -0.2) is 11.1 Å². The van der Waals surface area contributed by atoms with Crippen LogP contribution in [0.3, 0.4) is 0 Å². The second kappa shape index (κ2) is 7.22. The smallest absolute Gasteiger partial charge is 0.416 e. The number of nitrogens with zero attached hydrogens (tertiary/aromatic N) is 1. The second-order valence-corrected chi connectivity index (χ2v) is 5.74. The zero-order valence-electron chi connectivity index (χ0n) is 14.0. The summed E-state index contributed by atoms with van der Waals surface area (Å²) in [4.78, 5) is 12.0. The molecule has 0 radical (unpaired) electrons. The molecule has 8 heteroatoms. The van der Waals surface area contributed by atoms with Crippen molar-refractivity contribution in [2.45, 2.75) is 19.7 Å². The van der Waals surface area contributed by atoms with Gasteiger partial charge >= 0.3 is 12.1 Å². The molecule has 1 heterocycles. The van der Waals surface area contributed by atoms with E-state index in [1.807, 2.05) is 0 Å². The lowest BCUT2D eigenvalue weighted by atomic mass is 10.1. The van der Waals surface area contributed by atoms with Crippen molar-refractivity contribution < 1.29 is 31.6 Å². The molecule has 27 heavy (non-hydrogen) atoms. The first-order valence-corrected chi connectivity index (χ1v) is 7.81. The van der Waals surface area contributed by atoms with Gasteiger partial charge in [-0.2, -0.15) is 13.2 Å². The normalized spacial score (nSPS) is 11.4. The number of hydrogen-bond donors (Lipinski definition) is 0. The van der Waals surface area contributed by atoms with Gasteiger partial charge in [-0.3, -0.25) is 0 Å². The molecule has 0 amide bonds. The highest BCUT2D eigenvalue weighted by atomic mass is 19.4. The van der Waals surface area contributed by atoms with E-state index in [0.717, 1.165) is 18.2 Å². The summed E-state index contributed by atoms with van der Waals surface area (Å²) in [5.41, 5.74) is 0.336. The molecule has 0 fully saturated rings. The number of carbonyl (C=O) groups excluding carboxylic acids is 1. The highest BCUT2D eigenvalue weighted by Gasteiger charge is 2.31. The fourth-order valence-corrected chi connectivity index (χ4v) is 2.41. The van der Waals surface area contributed by atoms with Crippen LogP contribution in [0.4, 0.5) is 17.6 Å². The lowest BCUT2D eigenvalue weighted by molar-refractivity contribution is -0.137. The van der Waals surface area contributed by atoms with Crippen molar-refractivity contribution in [3.8, 4) is 11.3 Å². The van der Waals surface area contributed by atoms with Gasteiger partial charge in [0.25, 0.3) is 0 Å². The van der Waals surface area contributed by atoms with Crippen LogP contribution >= 0.6 is 0 Å². The van der Waals surface area contributed by atoms with Crippen molar-refractivity contribution in [2.24, 2.45) is 0 Å². The Kier molecular flexibility index (Phi) is 4.98. The average molecular weight is 379 g/mol. The quantitative estimate of drug-likeness (QED) is 0.464. The molecule has 0 unspecified atom stereocenters. The summed E-state index contributed by atoms with van der Waals surface area (Å²) in [6, 6.07) is 9.53. The Hall–Kier alpha value is -3.16. The summed E-state index contributed by atoms with van der Waals surface area (Å²) in [6.07, 6.45) is -4.55. The minimum atomic E-state index is -4.55. The van der Waals surface area contributed by atoms with Gasteiger partial charge in [0, 0.05) is 11.1 Å². The van der Waals surface area contributed by atoms with Crippen LogP contribution in [0.25, 0.3) is 11.3 Å². The summed E-state index contributed by atoms with van der Waals surface area (Å²) < 4.78 is 61.4. The molecule has 0 N–H and O–H groups in total. The zero-order valence-corrected chi connectivity index (χ0v) is 14.0. The number of rotatable bonds is 4. The number of esters is 1. The number of carbonyl (C=O) groups is 1. The van der Waals surface area contributed by atoms with Gasteiger partial charge in [-0.05, 0) is 49.4 Å². The molecule has 0 atom stereocenters. The number of halogens is 4. The molecule has 1 aromatic heterocycles.